The maximum Gasteiger partial charge on any atom is 0.272 e. The van der Waals surface area contributed by atoms with Gasteiger partial charge in [0.2, 0.25) is 17.0 Å². The predicted molar refractivity (Wildman–Crippen MR) is 121 cm³/mol. The second-order valence-electron chi connectivity index (χ2n) is 7.19. The van der Waals surface area contributed by atoms with Crippen molar-refractivity contribution in [2.75, 3.05) is 0 Å². The van der Waals surface area contributed by atoms with Gasteiger partial charge < -0.3 is 14.4 Å². The second-order valence-corrected chi connectivity index (χ2v) is 7.97. The third-order valence-electron chi connectivity index (χ3n) is 5.26. The smallest absolute Gasteiger partial charge is 0.272 e. The lowest BCUT2D eigenvalue weighted by Gasteiger charge is -2.06. The van der Waals surface area contributed by atoms with Crippen LogP contribution in [0.5, 0.6) is 0 Å². The molecule has 4 heterocycles. The van der Waals surface area contributed by atoms with E-state index in [2.05, 4.69) is 19.7 Å². The Hall–Kier alpha value is -3.86. The Morgan fingerprint density at radius 2 is 1.97 bits per heavy atom. The lowest BCUT2D eigenvalue weighted by atomic mass is 10.1. The highest BCUT2D eigenvalue weighted by Gasteiger charge is 2.17. The van der Waals surface area contributed by atoms with Gasteiger partial charge in [0.25, 0.3) is 5.56 Å². The van der Waals surface area contributed by atoms with Gasteiger partial charge >= 0.3 is 0 Å². The van der Waals surface area contributed by atoms with Gasteiger partial charge in [-0.05, 0) is 23.8 Å². The fraction of sp³-hybridized carbons (Fsp3) is 0.0455. The Labute approximate surface area is 183 Å². The number of aromatic nitrogens is 4. The molecule has 10 heteroatoms. The third kappa shape index (κ3) is 3.56. The molecule has 0 bridgehead atoms. The number of nitrogens with one attached hydrogen (secondary N) is 3. The standard InChI is InChI=1S/C22H17N5O4S/c28-20(14-5-3-13(4-6-14)9-26-32(30)31)19-11-25-22(29)18-8-15(12-27(18)19)17-10-24-21-16(17)2-1-7-23-21/h1-8,10-12,26H,9H2,(H,23,24)(H,25,29)(H,30,31). The van der Waals surface area contributed by atoms with Crippen LogP contribution in [0.3, 0.4) is 0 Å². The summed E-state index contributed by atoms with van der Waals surface area (Å²) in [5.74, 6) is -0.265. The van der Waals surface area contributed by atoms with Gasteiger partial charge in [-0.1, -0.05) is 24.3 Å². The molecule has 5 rings (SSSR count). The van der Waals surface area contributed by atoms with Crippen LogP contribution in [-0.2, 0) is 17.8 Å². The molecule has 0 radical (unpaired) electrons. The van der Waals surface area contributed by atoms with Gasteiger partial charge in [-0.15, -0.1) is 0 Å². The zero-order valence-corrected chi connectivity index (χ0v) is 17.3. The summed E-state index contributed by atoms with van der Waals surface area (Å²) in [5, 5.41) is 0.917. The van der Waals surface area contributed by atoms with Crippen LogP contribution in [0.4, 0.5) is 0 Å². The highest BCUT2D eigenvalue weighted by Crippen LogP contribution is 2.29. The molecule has 4 N–H and O–H groups in total. The first-order valence-electron chi connectivity index (χ1n) is 9.65. The molecule has 160 valence electrons. The first kappa shape index (κ1) is 20.1. The van der Waals surface area contributed by atoms with E-state index < -0.39 is 11.3 Å². The largest absolute Gasteiger partial charge is 0.346 e. The van der Waals surface area contributed by atoms with E-state index in [0.717, 1.165) is 27.7 Å². The highest BCUT2D eigenvalue weighted by molar-refractivity contribution is 7.77. The molecule has 0 spiro atoms. The number of carbonyl (C=O) groups is 1. The van der Waals surface area contributed by atoms with Crippen molar-refractivity contribution in [3.05, 3.63) is 94.4 Å². The van der Waals surface area contributed by atoms with Crippen molar-refractivity contribution in [3.8, 4) is 11.1 Å². The molecule has 0 saturated heterocycles. The molecular formula is C22H17N5O4S. The molecule has 5 aromatic rings. The van der Waals surface area contributed by atoms with Gasteiger partial charge in [-0.3, -0.25) is 14.1 Å². The monoisotopic (exact) mass is 447 g/mol. The fourth-order valence-electron chi connectivity index (χ4n) is 3.70. The zero-order chi connectivity index (χ0) is 22.2. The van der Waals surface area contributed by atoms with E-state index >= 15 is 0 Å². The third-order valence-corrected chi connectivity index (χ3v) is 5.65. The lowest BCUT2D eigenvalue weighted by Crippen LogP contribution is -2.16. The first-order chi connectivity index (χ1) is 15.5. The van der Waals surface area contributed by atoms with Crippen LogP contribution in [0.25, 0.3) is 27.7 Å². The molecule has 1 atom stereocenters. The van der Waals surface area contributed by atoms with Crippen LogP contribution in [0, 0.1) is 0 Å². The number of hydrogen-bond acceptors (Lipinski definition) is 4. The number of hydrogen-bond donors (Lipinski definition) is 4. The minimum Gasteiger partial charge on any atom is -0.346 e. The average molecular weight is 447 g/mol. The number of aromatic amines is 2. The van der Waals surface area contributed by atoms with Crippen molar-refractivity contribution >= 4 is 33.6 Å². The number of benzene rings is 1. The van der Waals surface area contributed by atoms with Gasteiger partial charge in [-0.2, -0.15) is 0 Å². The molecule has 1 aromatic carbocycles. The summed E-state index contributed by atoms with van der Waals surface area (Å²) in [6, 6.07) is 12.2. The van der Waals surface area contributed by atoms with Crippen LogP contribution in [0.15, 0.2) is 72.0 Å². The quantitative estimate of drug-likeness (QED) is 0.235. The minimum atomic E-state index is -2.11. The second kappa shape index (κ2) is 8.00. The van der Waals surface area contributed by atoms with Gasteiger partial charge in [0, 0.05) is 53.4 Å². The number of H-pyrrole nitrogens is 2. The van der Waals surface area contributed by atoms with Crippen molar-refractivity contribution in [1.82, 2.24) is 24.1 Å². The lowest BCUT2D eigenvalue weighted by molar-refractivity contribution is 0.103. The van der Waals surface area contributed by atoms with Crippen molar-refractivity contribution in [1.29, 1.82) is 0 Å². The molecular weight excluding hydrogens is 430 g/mol. The summed E-state index contributed by atoms with van der Waals surface area (Å²) in [6.07, 6.45) is 6.70. The van der Waals surface area contributed by atoms with Crippen LogP contribution < -0.4 is 10.3 Å². The molecule has 0 aliphatic carbocycles. The SMILES string of the molecule is O=C(c1ccc(CNS(=O)O)cc1)c1c[nH]c(=O)c2cc(-c3c[nH]c4ncccc34)cn12. The minimum absolute atomic E-state index is 0.195. The number of rotatable bonds is 6. The first-order valence-corrected chi connectivity index (χ1v) is 10.8. The van der Waals surface area contributed by atoms with E-state index in [0.29, 0.717) is 16.8 Å². The van der Waals surface area contributed by atoms with Crippen molar-refractivity contribution < 1.29 is 13.6 Å². The zero-order valence-electron chi connectivity index (χ0n) is 16.5. The summed E-state index contributed by atoms with van der Waals surface area (Å²) < 4.78 is 23.6. The molecule has 0 fully saturated rings. The van der Waals surface area contributed by atoms with Gasteiger partial charge in [0.05, 0.1) is 0 Å². The van der Waals surface area contributed by atoms with Crippen molar-refractivity contribution in [2.45, 2.75) is 6.54 Å². The molecule has 0 saturated carbocycles. The molecule has 0 amide bonds. The molecule has 1 unspecified atom stereocenters. The van der Waals surface area contributed by atoms with Crippen molar-refractivity contribution in [2.24, 2.45) is 0 Å². The molecule has 0 aliphatic rings. The Bertz CT molecular complexity index is 1550. The topological polar surface area (TPSA) is 132 Å². The normalized spacial score (nSPS) is 12.4. The Morgan fingerprint density at radius 1 is 1.16 bits per heavy atom. The molecule has 9 nitrogen and oxygen atoms in total. The summed E-state index contributed by atoms with van der Waals surface area (Å²) in [4.78, 5) is 35.7. The Morgan fingerprint density at radius 3 is 2.75 bits per heavy atom. The van der Waals surface area contributed by atoms with Crippen molar-refractivity contribution in [3.63, 3.8) is 0 Å². The molecule has 0 aliphatic heterocycles. The van der Waals surface area contributed by atoms with Crippen LogP contribution in [-0.4, -0.2) is 33.9 Å². The van der Waals surface area contributed by atoms with Crippen LogP contribution >= 0.6 is 0 Å². The van der Waals surface area contributed by atoms with Gasteiger partial charge in [0.1, 0.15) is 16.9 Å². The van der Waals surface area contributed by atoms with E-state index in [-0.39, 0.29) is 17.9 Å². The summed E-state index contributed by atoms with van der Waals surface area (Å²) in [5.41, 5.74) is 3.96. The summed E-state index contributed by atoms with van der Waals surface area (Å²) >= 11 is -2.11. The molecule has 32 heavy (non-hydrogen) atoms. The number of carbonyl (C=O) groups excluding carboxylic acids is 1. The number of pyridine rings is 1. The average Bonchev–Trinajstić information content (AvgIpc) is 3.43. The Balaban J connectivity index is 1.55. The van der Waals surface area contributed by atoms with Crippen LogP contribution in [0.1, 0.15) is 21.6 Å². The van der Waals surface area contributed by atoms with Crippen LogP contribution in [0.2, 0.25) is 0 Å². The Kier molecular flexibility index (Phi) is 5.02. The number of ketones is 1. The van der Waals surface area contributed by atoms with E-state index in [1.54, 1.807) is 47.1 Å². The van der Waals surface area contributed by atoms with E-state index in [1.165, 1.54) is 6.20 Å². The molecule has 4 aromatic heterocycles. The van der Waals surface area contributed by atoms with E-state index in [1.807, 2.05) is 18.3 Å². The van der Waals surface area contributed by atoms with E-state index in [4.69, 9.17) is 4.55 Å². The predicted octanol–water partition coefficient (Wildman–Crippen LogP) is 2.63. The fourth-order valence-corrected chi connectivity index (χ4v) is 3.99. The number of nitrogens with zero attached hydrogens (tertiary/aromatic N) is 2. The highest BCUT2D eigenvalue weighted by atomic mass is 32.2. The maximum absolute atomic E-state index is 13.2. The maximum atomic E-state index is 13.2. The number of fused-ring (bicyclic) bond motifs is 2. The van der Waals surface area contributed by atoms with E-state index in [9.17, 15) is 13.8 Å². The summed E-state index contributed by atoms with van der Waals surface area (Å²) in [7, 11) is 0. The summed E-state index contributed by atoms with van der Waals surface area (Å²) in [6.45, 7) is 0.195. The van der Waals surface area contributed by atoms with Gasteiger partial charge in [0.15, 0.2) is 0 Å². The van der Waals surface area contributed by atoms with Gasteiger partial charge in [-0.25, -0.2) is 13.9 Å².